The van der Waals surface area contributed by atoms with Crippen LogP contribution in [0.3, 0.4) is 0 Å². The average Bonchev–Trinajstić information content (AvgIpc) is 2.43. The van der Waals surface area contributed by atoms with Gasteiger partial charge in [-0.3, -0.25) is 0 Å². The van der Waals surface area contributed by atoms with Gasteiger partial charge in [0.1, 0.15) is 0 Å². The van der Waals surface area contributed by atoms with Crippen molar-refractivity contribution in [2.75, 3.05) is 5.75 Å². The fraction of sp³-hybridized carbons (Fsp3) is 0.200. The van der Waals surface area contributed by atoms with Gasteiger partial charge in [-0.15, -0.1) is 0 Å². The summed E-state index contributed by atoms with van der Waals surface area (Å²) in [5, 5.41) is 0. The molecule has 0 aliphatic rings. The molecule has 1 unspecified atom stereocenters. The summed E-state index contributed by atoms with van der Waals surface area (Å²) < 4.78 is 25.9. The van der Waals surface area contributed by atoms with Gasteiger partial charge in [0, 0.05) is 17.5 Å². The summed E-state index contributed by atoms with van der Waals surface area (Å²) in [7, 11) is 0. The highest BCUT2D eigenvalue weighted by molar-refractivity contribution is 7.98. The third kappa shape index (κ3) is 4.04. The molecule has 0 bridgehead atoms. The molecule has 0 fully saturated rings. The van der Waals surface area contributed by atoms with Crippen LogP contribution in [0.1, 0.15) is 17.2 Å². The van der Waals surface area contributed by atoms with Crippen molar-refractivity contribution < 1.29 is 8.78 Å². The molecule has 0 saturated heterocycles. The molecule has 1 nitrogen and oxygen atoms in total. The lowest BCUT2D eigenvalue weighted by molar-refractivity contribution is 0.506. The van der Waals surface area contributed by atoms with E-state index in [0.29, 0.717) is 11.3 Å². The second-order valence-corrected chi connectivity index (χ2v) is 5.31. The maximum absolute atomic E-state index is 13.1. The van der Waals surface area contributed by atoms with Crippen molar-refractivity contribution in [3.8, 4) is 0 Å². The molecule has 1 atom stereocenters. The molecule has 2 aromatic rings. The number of hydrogen-bond acceptors (Lipinski definition) is 2. The summed E-state index contributed by atoms with van der Waals surface area (Å²) in [4.78, 5) is 0. The fourth-order valence-corrected chi connectivity index (χ4v) is 2.71. The second-order valence-electron chi connectivity index (χ2n) is 4.28. The molecule has 0 amide bonds. The van der Waals surface area contributed by atoms with Gasteiger partial charge in [0.15, 0.2) is 11.6 Å². The molecule has 0 radical (unpaired) electrons. The Labute approximate surface area is 115 Å². The Morgan fingerprint density at radius 1 is 1.00 bits per heavy atom. The lowest BCUT2D eigenvalue weighted by atomic mass is 10.1. The Bertz CT molecular complexity index is 531. The van der Waals surface area contributed by atoms with E-state index in [1.165, 1.54) is 17.7 Å². The van der Waals surface area contributed by atoms with E-state index in [1.807, 2.05) is 18.2 Å². The van der Waals surface area contributed by atoms with Gasteiger partial charge in [-0.2, -0.15) is 11.8 Å². The largest absolute Gasteiger partial charge is 0.323 e. The monoisotopic (exact) mass is 279 g/mol. The Morgan fingerprint density at radius 3 is 2.42 bits per heavy atom. The van der Waals surface area contributed by atoms with Gasteiger partial charge in [0.25, 0.3) is 0 Å². The Balaban J connectivity index is 1.87. The van der Waals surface area contributed by atoms with Gasteiger partial charge in [-0.05, 0) is 23.3 Å². The highest BCUT2D eigenvalue weighted by Gasteiger charge is 2.09. The zero-order chi connectivity index (χ0) is 13.7. The first kappa shape index (κ1) is 14.0. The van der Waals surface area contributed by atoms with Crippen molar-refractivity contribution in [1.82, 2.24) is 0 Å². The molecule has 0 aliphatic carbocycles. The number of hydrogen-bond donors (Lipinski definition) is 1. The van der Waals surface area contributed by atoms with E-state index in [4.69, 9.17) is 5.73 Å². The van der Waals surface area contributed by atoms with E-state index in [1.54, 1.807) is 11.8 Å². The van der Waals surface area contributed by atoms with Gasteiger partial charge in [-0.25, -0.2) is 8.78 Å². The van der Waals surface area contributed by atoms with Crippen molar-refractivity contribution in [2.45, 2.75) is 11.8 Å². The normalized spacial score (nSPS) is 12.4. The summed E-state index contributed by atoms with van der Waals surface area (Å²) in [5.74, 6) is -0.160. The number of nitrogens with two attached hydrogens (primary N) is 1. The number of rotatable bonds is 5. The maximum Gasteiger partial charge on any atom is 0.159 e. The summed E-state index contributed by atoms with van der Waals surface area (Å²) in [5.41, 5.74) is 7.82. The van der Waals surface area contributed by atoms with E-state index in [2.05, 4.69) is 12.1 Å². The topological polar surface area (TPSA) is 26.0 Å². The standard InChI is InChI=1S/C15H15F2NS/c16-13-7-6-12(8-14(13)17)15(18)10-19-9-11-4-2-1-3-5-11/h1-8,15H,9-10,18H2. The van der Waals surface area contributed by atoms with Gasteiger partial charge >= 0.3 is 0 Å². The molecular weight excluding hydrogens is 264 g/mol. The predicted molar refractivity (Wildman–Crippen MR) is 75.9 cm³/mol. The minimum atomic E-state index is -0.846. The van der Waals surface area contributed by atoms with Gasteiger partial charge in [-0.1, -0.05) is 36.4 Å². The first-order chi connectivity index (χ1) is 9.16. The molecule has 19 heavy (non-hydrogen) atoms. The van der Waals surface area contributed by atoms with Gasteiger partial charge in [0.2, 0.25) is 0 Å². The lowest BCUT2D eigenvalue weighted by Gasteiger charge is -2.12. The highest BCUT2D eigenvalue weighted by Crippen LogP contribution is 2.20. The molecular formula is C15H15F2NS. The molecule has 0 spiro atoms. The molecule has 0 saturated carbocycles. The van der Waals surface area contributed by atoms with Crippen LogP contribution in [0.25, 0.3) is 0 Å². The molecule has 0 aromatic heterocycles. The zero-order valence-electron chi connectivity index (χ0n) is 10.4. The van der Waals surface area contributed by atoms with E-state index in [-0.39, 0.29) is 6.04 Å². The maximum atomic E-state index is 13.1. The molecule has 100 valence electrons. The molecule has 2 aromatic carbocycles. The highest BCUT2D eigenvalue weighted by atomic mass is 32.2. The quantitative estimate of drug-likeness (QED) is 0.898. The van der Waals surface area contributed by atoms with Crippen LogP contribution in [0.4, 0.5) is 8.78 Å². The van der Waals surface area contributed by atoms with Crippen molar-refractivity contribution in [2.24, 2.45) is 5.73 Å². The summed E-state index contributed by atoms with van der Waals surface area (Å²) in [6.07, 6.45) is 0. The SMILES string of the molecule is NC(CSCc1ccccc1)c1ccc(F)c(F)c1. The van der Waals surface area contributed by atoms with Gasteiger partial charge in [0.05, 0.1) is 0 Å². The minimum Gasteiger partial charge on any atom is -0.323 e. The number of halogens is 2. The summed E-state index contributed by atoms with van der Waals surface area (Å²) >= 11 is 1.68. The van der Waals surface area contributed by atoms with Crippen molar-refractivity contribution >= 4 is 11.8 Å². The Morgan fingerprint density at radius 2 is 1.74 bits per heavy atom. The van der Waals surface area contributed by atoms with Crippen LogP contribution in [0.5, 0.6) is 0 Å². The van der Waals surface area contributed by atoms with Crippen LogP contribution in [-0.2, 0) is 5.75 Å². The average molecular weight is 279 g/mol. The third-order valence-corrected chi connectivity index (χ3v) is 3.91. The molecule has 2 N–H and O–H groups in total. The summed E-state index contributed by atoms with van der Waals surface area (Å²) in [6.45, 7) is 0. The van der Waals surface area contributed by atoms with Crippen molar-refractivity contribution in [3.63, 3.8) is 0 Å². The molecule has 4 heteroatoms. The molecule has 0 heterocycles. The van der Waals surface area contributed by atoms with Crippen LogP contribution in [-0.4, -0.2) is 5.75 Å². The smallest absolute Gasteiger partial charge is 0.159 e. The molecule has 2 rings (SSSR count). The van der Waals surface area contributed by atoms with Crippen LogP contribution in [0.2, 0.25) is 0 Å². The van der Waals surface area contributed by atoms with Crippen molar-refractivity contribution in [3.05, 3.63) is 71.3 Å². The van der Waals surface area contributed by atoms with Crippen LogP contribution in [0, 0.1) is 11.6 Å². The first-order valence-corrected chi connectivity index (χ1v) is 7.14. The molecule has 0 aliphatic heterocycles. The minimum absolute atomic E-state index is 0.288. The van der Waals surface area contributed by atoms with E-state index >= 15 is 0 Å². The fourth-order valence-electron chi connectivity index (χ4n) is 1.72. The predicted octanol–water partition coefficient (Wildman–Crippen LogP) is 3.90. The summed E-state index contributed by atoms with van der Waals surface area (Å²) in [6, 6.07) is 13.6. The van der Waals surface area contributed by atoms with E-state index in [9.17, 15) is 8.78 Å². The zero-order valence-corrected chi connectivity index (χ0v) is 11.2. The second kappa shape index (κ2) is 6.68. The van der Waals surface area contributed by atoms with Crippen molar-refractivity contribution in [1.29, 1.82) is 0 Å². The van der Waals surface area contributed by atoms with Crippen LogP contribution >= 0.6 is 11.8 Å². The van der Waals surface area contributed by atoms with E-state index < -0.39 is 11.6 Å². The van der Waals surface area contributed by atoms with Gasteiger partial charge < -0.3 is 5.73 Å². The third-order valence-electron chi connectivity index (χ3n) is 2.78. The number of thioether (sulfide) groups is 1. The Hall–Kier alpha value is -1.39. The Kier molecular flexibility index (Phi) is 4.93. The number of benzene rings is 2. The van der Waals surface area contributed by atoms with Crippen LogP contribution < -0.4 is 5.73 Å². The van der Waals surface area contributed by atoms with E-state index in [0.717, 1.165) is 11.8 Å². The van der Waals surface area contributed by atoms with Crippen LogP contribution in [0.15, 0.2) is 48.5 Å². The first-order valence-electron chi connectivity index (χ1n) is 5.99. The lowest BCUT2D eigenvalue weighted by Crippen LogP contribution is -2.13.